The predicted octanol–water partition coefficient (Wildman–Crippen LogP) is 8.10. The molecule has 2 aromatic heterocycles. The molecule has 0 bridgehead atoms. The summed E-state index contributed by atoms with van der Waals surface area (Å²) in [5.74, 6) is 1.33. The number of nitrogens with one attached hydrogen (secondary N) is 4. The molecule has 4 N–H and O–H groups in total. The quantitative estimate of drug-likeness (QED) is 0.100. The number of carbonyl (C=O) groups is 3. The summed E-state index contributed by atoms with van der Waals surface area (Å²) in [6.45, 7) is 13.9. The Labute approximate surface area is 337 Å². The van der Waals surface area contributed by atoms with Crippen molar-refractivity contribution in [1.29, 1.82) is 0 Å². The average Bonchev–Trinajstić information content (AvgIpc) is 3.91. The van der Waals surface area contributed by atoms with Crippen LogP contribution in [-0.2, 0) is 20.9 Å². The van der Waals surface area contributed by atoms with Gasteiger partial charge in [0.25, 0.3) is 0 Å². The zero-order valence-electron chi connectivity index (χ0n) is 34.3. The normalized spacial score (nSPS) is 20.2. The minimum atomic E-state index is -0.573. The van der Waals surface area contributed by atoms with E-state index in [0.717, 1.165) is 77.4 Å². The molecule has 57 heavy (non-hydrogen) atoms. The fourth-order valence-corrected chi connectivity index (χ4v) is 7.80. The van der Waals surface area contributed by atoms with Crippen LogP contribution in [0.1, 0.15) is 82.7 Å². The lowest BCUT2D eigenvalue weighted by Gasteiger charge is -2.34. The number of aromatic amines is 1. The molecule has 11 heteroatoms. The molecule has 6 rings (SSSR count). The van der Waals surface area contributed by atoms with Crippen LogP contribution in [0.25, 0.3) is 28.1 Å². The number of nitrogens with zero attached hydrogens (tertiary/aromatic N) is 3. The van der Waals surface area contributed by atoms with Crippen molar-refractivity contribution in [2.45, 2.75) is 84.3 Å². The number of hydrogen-bond donors (Lipinski definition) is 4. The van der Waals surface area contributed by atoms with Crippen molar-refractivity contribution in [2.24, 2.45) is 17.8 Å². The Kier molecular flexibility index (Phi) is 15.4. The summed E-state index contributed by atoms with van der Waals surface area (Å²) >= 11 is 0. The molecule has 2 fully saturated rings. The van der Waals surface area contributed by atoms with E-state index >= 15 is 0 Å². The molecule has 2 amide bonds. The number of likely N-dealkylation sites (N-methyl/N-ethyl adjacent to an activating group) is 1. The number of carbonyl (C=O) groups excluding carboxylic acids is 3. The van der Waals surface area contributed by atoms with Crippen LogP contribution in [0.4, 0.5) is 4.79 Å². The van der Waals surface area contributed by atoms with E-state index in [4.69, 9.17) is 4.98 Å². The van der Waals surface area contributed by atoms with Crippen molar-refractivity contribution >= 4 is 24.0 Å². The Balaban J connectivity index is 0.000000493. The van der Waals surface area contributed by atoms with E-state index < -0.39 is 12.1 Å². The molecule has 1 aliphatic carbocycles. The third-order valence-corrected chi connectivity index (χ3v) is 11.2. The number of amides is 2. The maximum atomic E-state index is 13.4. The molecule has 2 aliphatic rings. The molecule has 0 spiro atoms. The highest BCUT2D eigenvalue weighted by Gasteiger charge is 2.38. The smallest absolute Gasteiger partial charge is 0.407 e. The first-order valence-corrected chi connectivity index (χ1v) is 20.1. The highest BCUT2D eigenvalue weighted by Crippen LogP contribution is 2.41. The number of benzene rings is 2. The number of methoxy groups -OCH3 is 1. The lowest BCUT2D eigenvalue weighted by Crippen LogP contribution is -2.40. The molecular formula is C46H59N7O4. The molecule has 5 atom stereocenters. The van der Waals surface area contributed by atoms with Crippen LogP contribution in [0.5, 0.6) is 0 Å². The Morgan fingerprint density at radius 1 is 1.00 bits per heavy atom. The number of hydrogen-bond acceptors (Lipinski definition) is 8. The molecule has 4 aromatic rings. The third kappa shape index (κ3) is 11.3. The number of pyridine rings is 1. The molecule has 3 heterocycles. The summed E-state index contributed by atoms with van der Waals surface area (Å²) in [5, 5.41) is 9.13. The van der Waals surface area contributed by atoms with E-state index in [1.54, 1.807) is 12.4 Å². The van der Waals surface area contributed by atoms with Crippen LogP contribution in [-0.4, -0.2) is 70.9 Å². The second kappa shape index (κ2) is 20.6. The molecule has 0 radical (unpaired) electrons. The molecule has 11 nitrogen and oxygen atoms in total. The van der Waals surface area contributed by atoms with Gasteiger partial charge in [0, 0.05) is 42.3 Å². The van der Waals surface area contributed by atoms with Gasteiger partial charge in [-0.1, -0.05) is 94.4 Å². The molecule has 302 valence electrons. The summed E-state index contributed by atoms with van der Waals surface area (Å²) in [6, 6.07) is 21.1. The lowest BCUT2D eigenvalue weighted by molar-refractivity contribution is -0.128. The van der Waals surface area contributed by atoms with E-state index in [1.807, 2.05) is 32.2 Å². The summed E-state index contributed by atoms with van der Waals surface area (Å²) in [4.78, 5) is 49.3. The maximum Gasteiger partial charge on any atom is 0.407 e. The van der Waals surface area contributed by atoms with E-state index in [0.29, 0.717) is 24.8 Å². The monoisotopic (exact) mass is 773 g/mol. The largest absolute Gasteiger partial charge is 0.453 e. The van der Waals surface area contributed by atoms with Crippen molar-refractivity contribution in [3.63, 3.8) is 0 Å². The number of likely N-dealkylation sites (tertiary alicyclic amines) is 1. The number of allylic oxidation sites excluding steroid dienone is 1. The first kappa shape index (κ1) is 42.6. The molecule has 1 saturated carbocycles. The minimum absolute atomic E-state index is 0.0666. The second-order valence-electron chi connectivity index (χ2n) is 15.5. The van der Waals surface area contributed by atoms with Crippen LogP contribution in [0.3, 0.4) is 0 Å². The van der Waals surface area contributed by atoms with Gasteiger partial charge in [0.05, 0.1) is 31.0 Å². The van der Waals surface area contributed by atoms with Gasteiger partial charge in [-0.15, -0.1) is 0 Å². The number of aldehydes is 1. The van der Waals surface area contributed by atoms with Crippen LogP contribution < -0.4 is 16.0 Å². The standard InChI is InChI=1S/C39H46N6O.C7H13NO3/c1-5-34(43-27(3)36-12-8-22-45(36)4)31-17-13-29(14-18-31)30-15-19-32(20-16-30)35-25-41-38(44-35)33-11-6-9-26(2)37(33)39(46)42-24-28-10-7-21-40-23-28;1-5(2)6(4-9)8-7(10)11-3/h5,7,10,13-21,23,25-26,33,36-37,43H,3,6,8-9,11-12,22,24H2,1-2,4H3,(H,41,44)(H,42,46);4-6H,1-3H3,(H,8,10)/b34-5-;/t26-,33+,36?,37?;/m0./s1. The number of alkyl carbamates (subject to hydrolysis) is 1. The van der Waals surface area contributed by atoms with Gasteiger partial charge in [0.1, 0.15) is 12.1 Å². The Hall–Kier alpha value is -5.55. The number of aromatic nitrogens is 3. The van der Waals surface area contributed by atoms with Gasteiger partial charge in [-0.25, -0.2) is 9.78 Å². The first-order valence-electron chi connectivity index (χ1n) is 20.1. The molecule has 3 unspecified atom stereocenters. The maximum absolute atomic E-state index is 13.4. The Morgan fingerprint density at radius 3 is 2.30 bits per heavy atom. The van der Waals surface area contributed by atoms with Crippen molar-refractivity contribution < 1.29 is 19.1 Å². The lowest BCUT2D eigenvalue weighted by atomic mass is 9.72. The van der Waals surface area contributed by atoms with Gasteiger partial charge in [-0.3, -0.25) is 14.7 Å². The van der Waals surface area contributed by atoms with Crippen molar-refractivity contribution in [3.8, 4) is 22.4 Å². The summed E-state index contributed by atoms with van der Waals surface area (Å²) in [7, 11) is 3.43. The SMILES string of the molecule is C=C(N/C(=C\C)c1ccc(-c2ccc(-c3cnc([C@@H]4CCC[C@H](C)C4C(=O)NCc4cccnc4)[nH]3)cc2)cc1)C1CCCN1C.COC(=O)NC(C=O)C(C)C. The predicted molar refractivity (Wildman–Crippen MR) is 227 cm³/mol. The third-order valence-electron chi connectivity index (χ3n) is 11.2. The highest BCUT2D eigenvalue weighted by atomic mass is 16.5. The minimum Gasteiger partial charge on any atom is -0.453 e. The van der Waals surface area contributed by atoms with Crippen molar-refractivity contribution in [1.82, 2.24) is 35.8 Å². The van der Waals surface area contributed by atoms with E-state index in [-0.39, 0.29) is 23.7 Å². The van der Waals surface area contributed by atoms with Crippen molar-refractivity contribution in [2.75, 3.05) is 20.7 Å². The molecule has 1 aliphatic heterocycles. The van der Waals surface area contributed by atoms with E-state index in [9.17, 15) is 14.4 Å². The van der Waals surface area contributed by atoms with E-state index in [2.05, 4.69) is 118 Å². The van der Waals surface area contributed by atoms with E-state index in [1.165, 1.54) is 19.1 Å². The summed E-state index contributed by atoms with van der Waals surface area (Å²) in [5.41, 5.74) is 8.68. The first-order chi connectivity index (χ1) is 27.5. The number of H-pyrrole nitrogens is 1. The van der Waals surface area contributed by atoms with Gasteiger partial charge in [-0.2, -0.15) is 0 Å². The summed E-state index contributed by atoms with van der Waals surface area (Å²) in [6.07, 6.45) is 13.2. The topological polar surface area (TPSA) is 141 Å². The Morgan fingerprint density at radius 2 is 1.70 bits per heavy atom. The fraction of sp³-hybridized carbons (Fsp3) is 0.413. The van der Waals surface area contributed by atoms with Crippen LogP contribution in [0.15, 0.2) is 97.6 Å². The zero-order chi connectivity index (χ0) is 40.9. The summed E-state index contributed by atoms with van der Waals surface area (Å²) < 4.78 is 4.32. The van der Waals surface area contributed by atoms with Gasteiger partial charge < -0.3 is 30.5 Å². The zero-order valence-corrected chi connectivity index (χ0v) is 34.3. The van der Waals surface area contributed by atoms with Gasteiger partial charge >= 0.3 is 6.09 Å². The molecular weight excluding hydrogens is 715 g/mol. The number of imidazole rings is 1. The van der Waals surface area contributed by atoms with Gasteiger partial charge in [0.2, 0.25) is 5.91 Å². The number of rotatable bonds is 13. The molecule has 1 saturated heterocycles. The molecule has 2 aromatic carbocycles. The van der Waals surface area contributed by atoms with Crippen LogP contribution >= 0.6 is 0 Å². The van der Waals surface area contributed by atoms with Crippen LogP contribution in [0.2, 0.25) is 0 Å². The van der Waals surface area contributed by atoms with Crippen LogP contribution in [0, 0.1) is 17.8 Å². The van der Waals surface area contributed by atoms with Gasteiger partial charge in [-0.05, 0) is 91.9 Å². The average molecular weight is 774 g/mol. The fourth-order valence-electron chi connectivity index (χ4n) is 7.80. The number of ether oxygens (including phenoxy) is 1. The van der Waals surface area contributed by atoms with Crippen molar-refractivity contribution in [3.05, 3.63) is 115 Å². The van der Waals surface area contributed by atoms with Gasteiger partial charge in [0.15, 0.2) is 0 Å². The Bertz CT molecular complexity index is 1960. The highest BCUT2D eigenvalue weighted by molar-refractivity contribution is 5.80. The second-order valence-corrected chi connectivity index (χ2v) is 15.5.